The molecule has 2 rings (SSSR count). The minimum Gasteiger partial charge on any atom is -0.312 e. The second-order valence-electron chi connectivity index (χ2n) is 3.73. The summed E-state index contributed by atoms with van der Waals surface area (Å²) in [5.41, 5.74) is -0.245. The quantitative estimate of drug-likeness (QED) is 0.814. The zero-order valence-electron chi connectivity index (χ0n) is 8.33. The molecule has 1 N–H and O–H groups in total. The second kappa shape index (κ2) is 5.03. The Morgan fingerprint density at radius 1 is 1.40 bits per heavy atom. The lowest BCUT2D eigenvalue weighted by Gasteiger charge is -2.20. The molecule has 3 nitrogen and oxygen atoms in total. The van der Waals surface area contributed by atoms with Crippen molar-refractivity contribution in [2.75, 3.05) is 0 Å². The maximum Gasteiger partial charge on any atom is 0.270 e. The Bertz CT molecular complexity index is 387. The highest BCUT2D eigenvalue weighted by molar-refractivity contribution is 8.00. The number of aromatic nitrogens is 2. The summed E-state index contributed by atoms with van der Waals surface area (Å²) in [5, 5.41) is 1.48. The predicted octanol–water partition coefficient (Wildman–Crippen LogP) is 2.85. The van der Waals surface area contributed by atoms with Crippen LogP contribution in [0.15, 0.2) is 16.1 Å². The summed E-state index contributed by atoms with van der Waals surface area (Å²) < 4.78 is 0. The van der Waals surface area contributed by atoms with Crippen molar-refractivity contribution < 1.29 is 0 Å². The van der Waals surface area contributed by atoms with Crippen LogP contribution in [0.25, 0.3) is 0 Å². The molecule has 0 radical (unpaired) electrons. The van der Waals surface area contributed by atoms with Crippen LogP contribution < -0.4 is 5.56 Å². The van der Waals surface area contributed by atoms with Crippen LogP contribution >= 0.6 is 23.4 Å². The smallest absolute Gasteiger partial charge is 0.270 e. The maximum absolute atomic E-state index is 11.2. The van der Waals surface area contributed by atoms with E-state index < -0.39 is 0 Å². The van der Waals surface area contributed by atoms with E-state index in [4.69, 9.17) is 11.6 Å². The van der Waals surface area contributed by atoms with Gasteiger partial charge in [-0.15, -0.1) is 11.8 Å². The molecule has 15 heavy (non-hydrogen) atoms. The molecule has 0 unspecified atom stereocenters. The molecule has 0 aliphatic heterocycles. The number of rotatable bonds is 2. The lowest BCUT2D eigenvalue weighted by Crippen LogP contribution is -2.12. The second-order valence-corrected chi connectivity index (χ2v) is 5.40. The normalized spacial score (nSPS) is 17.9. The van der Waals surface area contributed by atoms with Crippen LogP contribution in [-0.2, 0) is 0 Å². The van der Waals surface area contributed by atoms with Gasteiger partial charge in [0.25, 0.3) is 5.56 Å². The van der Waals surface area contributed by atoms with Crippen molar-refractivity contribution in [3.05, 3.63) is 21.7 Å². The third-order valence-corrected chi connectivity index (χ3v) is 4.40. The summed E-state index contributed by atoms with van der Waals surface area (Å²) >= 11 is 7.53. The number of hydrogen-bond acceptors (Lipinski definition) is 3. The fourth-order valence-corrected chi connectivity index (χ4v) is 3.22. The molecule has 0 bridgehead atoms. The third kappa shape index (κ3) is 2.75. The van der Waals surface area contributed by atoms with E-state index in [9.17, 15) is 4.79 Å². The minimum atomic E-state index is -0.245. The third-order valence-electron chi connectivity index (χ3n) is 2.60. The van der Waals surface area contributed by atoms with E-state index in [1.54, 1.807) is 11.8 Å². The van der Waals surface area contributed by atoms with Gasteiger partial charge in [0.1, 0.15) is 10.0 Å². The highest BCUT2D eigenvalue weighted by Gasteiger charge is 2.17. The monoisotopic (exact) mass is 244 g/mol. The van der Waals surface area contributed by atoms with E-state index in [-0.39, 0.29) is 10.6 Å². The van der Waals surface area contributed by atoms with Crippen LogP contribution in [-0.4, -0.2) is 15.2 Å². The molecule has 0 saturated heterocycles. The first-order valence-corrected chi connectivity index (χ1v) is 6.43. The number of nitrogens with one attached hydrogen (secondary N) is 1. The fraction of sp³-hybridized carbons (Fsp3) is 0.600. The molecule has 1 saturated carbocycles. The van der Waals surface area contributed by atoms with Gasteiger partial charge in [-0.1, -0.05) is 30.9 Å². The summed E-state index contributed by atoms with van der Waals surface area (Å²) in [7, 11) is 0. The predicted molar refractivity (Wildman–Crippen MR) is 62.6 cm³/mol. The molecular formula is C10H13ClN2OS. The first-order chi connectivity index (χ1) is 7.27. The van der Waals surface area contributed by atoms with Gasteiger partial charge in [0.05, 0.1) is 6.33 Å². The molecule has 1 aromatic rings. The first-order valence-electron chi connectivity index (χ1n) is 5.17. The van der Waals surface area contributed by atoms with Crippen LogP contribution in [0, 0.1) is 0 Å². The maximum atomic E-state index is 11.2. The van der Waals surface area contributed by atoms with E-state index >= 15 is 0 Å². The molecular weight excluding hydrogens is 232 g/mol. The number of thioether (sulfide) groups is 1. The van der Waals surface area contributed by atoms with E-state index in [1.165, 1.54) is 38.4 Å². The van der Waals surface area contributed by atoms with Crippen LogP contribution in [0.5, 0.6) is 0 Å². The molecule has 1 fully saturated rings. The van der Waals surface area contributed by atoms with Gasteiger partial charge >= 0.3 is 0 Å². The molecule has 82 valence electrons. The lowest BCUT2D eigenvalue weighted by atomic mass is 10.0. The van der Waals surface area contributed by atoms with Crippen LogP contribution in [0.1, 0.15) is 32.1 Å². The Labute approximate surface area is 97.6 Å². The summed E-state index contributed by atoms with van der Waals surface area (Å²) in [5.74, 6) is 0. The Hall–Kier alpha value is -0.480. The van der Waals surface area contributed by atoms with Gasteiger partial charge in [0.15, 0.2) is 0 Å². The van der Waals surface area contributed by atoms with Crippen molar-refractivity contribution in [1.29, 1.82) is 0 Å². The van der Waals surface area contributed by atoms with Crippen LogP contribution in [0.2, 0.25) is 5.02 Å². The SMILES string of the molecule is O=c1[nH]cnc(SC2CCCCC2)c1Cl. The van der Waals surface area contributed by atoms with Gasteiger partial charge in [-0.25, -0.2) is 4.98 Å². The zero-order valence-corrected chi connectivity index (χ0v) is 9.90. The summed E-state index contributed by atoms with van der Waals surface area (Å²) in [6.07, 6.45) is 7.70. The number of H-pyrrole nitrogens is 1. The highest BCUT2D eigenvalue weighted by Crippen LogP contribution is 2.34. The van der Waals surface area contributed by atoms with Gasteiger partial charge < -0.3 is 4.98 Å². The van der Waals surface area contributed by atoms with Crippen molar-refractivity contribution in [2.45, 2.75) is 42.4 Å². The van der Waals surface area contributed by atoms with E-state index in [1.807, 2.05) is 0 Å². The van der Waals surface area contributed by atoms with Gasteiger partial charge in [-0.05, 0) is 12.8 Å². The number of aromatic amines is 1. The number of nitrogens with zero attached hydrogens (tertiary/aromatic N) is 1. The Morgan fingerprint density at radius 2 is 2.13 bits per heavy atom. The molecule has 0 amide bonds. The Kier molecular flexibility index (Phi) is 3.70. The molecule has 0 atom stereocenters. The fourth-order valence-electron chi connectivity index (χ4n) is 1.79. The topological polar surface area (TPSA) is 45.8 Å². The highest BCUT2D eigenvalue weighted by atomic mass is 35.5. The first kappa shape index (κ1) is 11.0. The Balaban J connectivity index is 2.09. The van der Waals surface area contributed by atoms with Gasteiger partial charge in [-0.2, -0.15) is 0 Å². The molecule has 0 aromatic carbocycles. The zero-order chi connectivity index (χ0) is 10.7. The average molecular weight is 245 g/mol. The van der Waals surface area contributed by atoms with Crippen molar-refractivity contribution in [3.63, 3.8) is 0 Å². The van der Waals surface area contributed by atoms with Gasteiger partial charge in [0, 0.05) is 5.25 Å². The molecule has 1 heterocycles. The van der Waals surface area contributed by atoms with E-state index in [0.717, 1.165) is 0 Å². The van der Waals surface area contributed by atoms with Crippen molar-refractivity contribution in [1.82, 2.24) is 9.97 Å². The van der Waals surface area contributed by atoms with Crippen molar-refractivity contribution in [3.8, 4) is 0 Å². The molecule has 1 aliphatic carbocycles. The Morgan fingerprint density at radius 3 is 2.87 bits per heavy atom. The standard InChI is InChI=1S/C10H13ClN2OS/c11-8-9(14)12-6-13-10(8)15-7-4-2-1-3-5-7/h6-7H,1-5H2,(H,12,13,14). The van der Waals surface area contributed by atoms with Crippen LogP contribution in [0.3, 0.4) is 0 Å². The van der Waals surface area contributed by atoms with Crippen LogP contribution in [0.4, 0.5) is 0 Å². The van der Waals surface area contributed by atoms with Gasteiger partial charge in [0.2, 0.25) is 0 Å². The van der Waals surface area contributed by atoms with E-state index in [0.29, 0.717) is 10.3 Å². The minimum absolute atomic E-state index is 0.230. The molecule has 0 spiro atoms. The van der Waals surface area contributed by atoms with Crippen molar-refractivity contribution >= 4 is 23.4 Å². The molecule has 1 aliphatic rings. The largest absolute Gasteiger partial charge is 0.312 e. The number of hydrogen-bond donors (Lipinski definition) is 1. The number of halogens is 1. The lowest BCUT2D eigenvalue weighted by molar-refractivity contribution is 0.515. The van der Waals surface area contributed by atoms with Gasteiger partial charge in [-0.3, -0.25) is 4.79 Å². The molecule has 5 heteroatoms. The summed E-state index contributed by atoms with van der Waals surface area (Å²) in [6, 6.07) is 0. The van der Waals surface area contributed by atoms with E-state index in [2.05, 4.69) is 9.97 Å². The molecule has 1 aromatic heterocycles. The summed E-state index contributed by atoms with van der Waals surface area (Å²) in [4.78, 5) is 17.8. The average Bonchev–Trinajstić information content (AvgIpc) is 2.26. The summed E-state index contributed by atoms with van der Waals surface area (Å²) in [6.45, 7) is 0. The van der Waals surface area contributed by atoms with Crippen molar-refractivity contribution in [2.24, 2.45) is 0 Å².